The van der Waals surface area contributed by atoms with Crippen LogP contribution in [0.5, 0.6) is 11.6 Å². The van der Waals surface area contributed by atoms with Crippen LogP contribution >= 0.6 is 11.8 Å². The molecule has 1 saturated heterocycles. The highest BCUT2D eigenvalue weighted by atomic mass is 32.2. The van der Waals surface area contributed by atoms with Crippen LogP contribution in [0.2, 0.25) is 0 Å². The van der Waals surface area contributed by atoms with Gasteiger partial charge < -0.3 is 9.47 Å². The summed E-state index contributed by atoms with van der Waals surface area (Å²) < 4.78 is 10.8. The van der Waals surface area contributed by atoms with Crippen molar-refractivity contribution in [2.45, 2.75) is 6.42 Å². The van der Waals surface area contributed by atoms with Crippen molar-refractivity contribution in [3.63, 3.8) is 0 Å². The van der Waals surface area contributed by atoms with Crippen molar-refractivity contribution in [1.29, 1.82) is 0 Å². The van der Waals surface area contributed by atoms with Gasteiger partial charge in [0.2, 0.25) is 5.88 Å². The summed E-state index contributed by atoms with van der Waals surface area (Å²) in [6, 6.07) is 12.9. The summed E-state index contributed by atoms with van der Waals surface area (Å²) >= 11 is 0.900. The zero-order chi connectivity index (χ0) is 17.6. The maximum Gasteiger partial charge on any atom is 0.290 e. The molecule has 128 valence electrons. The molecule has 0 unspecified atom stereocenters. The number of hydrogen-bond acceptors (Lipinski definition) is 6. The number of nitrogens with one attached hydrogen (secondary N) is 1. The number of nitrogens with zero attached hydrogens (tertiary/aromatic N) is 1. The second-order valence-electron chi connectivity index (χ2n) is 5.19. The minimum atomic E-state index is -0.360. The van der Waals surface area contributed by atoms with Gasteiger partial charge in [0, 0.05) is 18.2 Å². The van der Waals surface area contributed by atoms with Crippen LogP contribution in [0.15, 0.2) is 47.4 Å². The van der Waals surface area contributed by atoms with E-state index in [9.17, 15) is 9.59 Å². The molecule has 1 fully saturated rings. The molecule has 2 heterocycles. The highest BCUT2D eigenvalue weighted by molar-refractivity contribution is 8.18. The smallest absolute Gasteiger partial charge is 0.290 e. The van der Waals surface area contributed by atoms with Crippen molar-refractivity contribution >= 4 is 29.0 Å². The number of imide groups is 1. The summed E-state index contributed by atoms with van der Waals surface area (Å²) in [4.78, 5) is 27.4. The number of benzene rings is 1. The first-order chi connectivity index (χ1) is 12.1. The third-order valence-electron chi connectivity index (χ3n) is 3.44. The molecule has 1 aliphatic heterocycles. The summed E-state index contributed by atoms with van der Waals surface area (Å²) in [5, 5.41) is 1.88. The first kappa shape index (κ1) is 17.0. The molecule has 1 aromatic carbocycles. The van der Waals surface area contributed by atoms with Crippen molar-refractivity contribution in [3.05, 3.63) is 58.6 Å². The van der Waals surface area contributed by atoms with Gasteiger partial charge in [-0.2, -0.15) is 0 Å². The van der Waals surface area contributed by atoms with Gasteiger partial charge in [-0.1, -0.05) is 18.2 Å². The molecule has 2 amide bonds. The molecule has 2 aromatic rings. The van der Waals surface area contributed by atoms with Gasteiger partial charge in [-0.25, -0.2) is 4.98 Å². The summed E-state index contributed by atoms with van der Waals surface area (Å²) in [6.07, 6.45) is 2.34. The molecule has 0 radical (unpaired) electrons. The van der Waals surface area contributed by atoms with Crippen molar-refractivity contribution in [1.82, 2.24) is 10.3 Å². The van der Waals surface area contributed by atoms with Gasteiger partial charge in [-0.3, -0.25) is 14.9 Å². The predicted octanol–water partition coefficient (Wildman–Crippen LogP) is 3.04. The summed E-state index contributed by atoms with van der Waals surface area (Å²) in [7, 11) is 1.59. The molecule has 1 aromatic heterocycles. The van der Waals surface area contributed by atoms with E-state index in [0.717, 1.165) is 28.8 Å². The maximum atomic E-state index is 11.5. The van der Waals surface area contributed by atoms with E-state index in [-0.39, 0.29) is 11.1 Å². The van der Waals surface area contributed by atoms with Gasteiger partial charge in [0.25, 0.3) is 11.1 Å². The number of hydrogen-bond donors (Lipinski definition) is 1. The van der Waals surface area contributed by atoms with E-state index in [1.54, 1.807) is 19.3 Å². The van der Waals surface area contributed by atoms with Crippen LogP contribution < -0.4 is 14.8 Å². The molecule has 3 rings (SSSR count). The molecule has 0 bridgehead atoms. The zero-order valence-corrected chi connectivity index (χ0v) is 14.3. The Balaban J connectivity index is 1.55. The Morgan fingerprint density at radius 2 is 1.96 bits per heavy atom. The summed E-state index contributed by atoms with van der Waals surface area (Å²) in [5.74, 6) is 0.952. The molecule has 0 atom stereocenters. The molecule has 0 aliphatic carbocycles. The fourth-order valence-corrected chi connectivity index (χ4v) is 2.90. The van der Waals surface area contributed by atoms with Gasteiger partial charge in [-0.15, -0.1) is 0 Å². The number of carbonyl (C=O) groups excluding carboxylic acids is 2. The van der Waals surface area contributed by atoms with E-state index in [4.69, 9.17) is 9.47 Å². The molecule has 0 spiro atoms. The van der Waals surface area contributed by atoms with Crippen LogP contribution in [-0.4, -0.2) is 29.8 Å². The maximum absolute atomic E-state index is 11.5. The first-order valence-corrected chi connectivity index (χ1v) is 8.43. The number of thioether (sulfide) groups is 1. The van der Waals surface area contributed by atoms with Gasteiger partial charge in [0.05, 0.1) is 18.6 Å². The number of methoxy groups -OCH3 is 1. The molecule has 1 N–H and O–H groups in total. The molecular weight excluding hydrogens is 340 g/mol. The average molecular weight is 356 g/mol. The van der Waals surface area contributed by atoms with Crippen molar-refractivity contribution < 1.29 is 19.1 Å². The second kappa shape index (κ2) is 7.85. The van der Waals surface area contributed by atoms with Crippen LogP contribution in [0, 0.1) is 0 Å². The SMILES string of the molecule is COc1cccc(CCOc2ccc(C=C3SC(=O)NC3=O)cc2)n1. The highest BCUT2D eigenvalue weighted by Crippen LogP contribution is 2.26. The van der Waals surface area contributed by atoms with Crippen LogP contribution in [0.4, 0.5) is 4.79 Å². The third kappa shape index (κ3) is 4.60. The van der Waals surface area contributed by atoms with Crippen molar-refractivity contribution in [2.75, 3.05) is 13.7 Å². The number of rotatable bonds is 6. The van der Waals surface area contributed by atoms with E-state index in [0.29, 0.717) is 23.8 Å². The number of carbonyl (C=O) groups is 2. The highest BCUT2D eigenvalue weighted by Gasteiger charge is 2.24. The number of ether oxygens (including phenoxy) is 2. The molecular formula is C18H16N2O4S. The van der Waals surface area contributed by atoms with Gasteiger partial charge >= 0.3 is 0 Å². The molecule has 1 aliphatic rings. The minimum Gasteiger partial charge on any atom is -0.493 e. The Morgan fingerprint density at radius 3 is 2.64 bits per heavy atom. The monoisotopic (exact) mass is 356 g/mol. The quantitative estimate of drug-likeness (QED) is 0.802. The summed E-state index contributed by atoms with van der Waals surface area (Å²) in [5.41, 5.74) is 1.73. The Kier molecular flexibility index (Phi) is 5.35. The molecule has 6 nitrogen and oxygen atoms in total. The lowest BCUT2D eigenvalue weighted by Gasteiger charge is -2.07. The number of amides is 2. The lowest BCUT2D eigenvalue weighted by atomic mass is 10.2. The first-order valence-electron chi connectivity index (χ1n) is 7.62. The fraction of sp³-hybridized carbons (Fsp3) is 0.167. The minimum absolute atomic E-state index is 0.345. The Hall–Kier alpha value is -2.80. The average Bonchev–Trinajstić information content (AvgIpc) is 2.94. The van der Waals surface area contributed by atoms with E-state index in [2.05, 4.69) is 10.3 Å². The van der Waals surface area contributed by atoms with E-state index >= 15 is 0 Å². The van der Waals surface area contributed by atoms with Crippen molar-refractivity contribution in [2.24, 2.45) is 0 Å². The molecule has 25 heavy (non-hydrogen) atoms. The fourth-order valence-electron chi connectivity index (χ4n) is 2.22. The van der Waals surface area contributed by atoms with E-state index in [1.807, 2.05) is 36.4 Å². The normalized spacial score (nSPS) is 15.3. The topological polar surface area (TPSA) is 77.5 Å². The van der Waals surface area contributed by atoms with E-state index in [1.165, 1.54) is 0 Å². The number of aromatic nitrogens is 1. The van der Waals surface area contributed by atoms with Gasteiger partial charge in [0.1, 0.15) is 5.75 Å². The largest absolute Gasteiger partial charge is 0.493 e. The third-order valence-corrected chi connectivity index (χ3v) is 4.25. The standard InChI is InChI=1S/C18H16N2O4S/c1-23-16-4-2-3-13(19-16)9-10-24-14-7-5-12(6-8-14)11-15-17(21)20-18(22)25-15/h2-8,11H,9-10H2,1H3,(H,20,21,22). The number of pyridine rings is 1. The molecule has 0 saturated carbocycles. The van der Waals surface area contributed by atoms with Gasteiger partial charge in [0.15, 0.2) is 0 Å². The van der Waals surface area contributed by atoms with Crippen LogP contribution in [0.3, 0.4) is 0 Å². The predicted molar refractivity (Wildman–Crippen MR) is 95.5 cm³/mol. The Labute approximate surface area is 149 Å². The van der Waals surface area contributed by atoms with Crippen molar-refractivity contribution in [3.8, 4) is 11.6 Å². The van der Waals surface area contributed by atoms with Crippen LogP contribution in [-0.2, 0) is 11.2 Å². The Bertz CT molecular complexity index is 818. The Morgan fingerprint density at radius 1 is 1.16 bits per heavy atom. The van der Waals surface area contributed by atoms with Gasteiger partial charge in [-0.05, 0) is 41.6 Å². The van der Waals surface area contributed by atoms with Crippen LogP contribution in [0.1, 0.15) is 11.3 Å². The summed E-state index contributed by atoms with van der Waals surface area (Å²) in [6.45, 7) is 0.493. The second-order valence-corrected chi connectivity index (χ2v) is 6.21. The van der Waals surface area contributed by atoms with E-state index < -0.39 is 0 Å². The van der Waals surface area contributed by atoms with Crippen LogP contribution in [0.25, 0.3) is 6.08 Å². The lowest BCUT2D eigenvalue weighted by Crippen LogP contribution is -2.17. The molecule has 7 heteroatoms. The zero-order valence-electron chi connectivity index (χ0n) is 13.5. The lowest BCUT2D eigenvalue weighted by molar-refractivity contribution is -0.115.